The number of aryl methyl sites for hydroxylation is 1. The van der Waals surface area contributed by atoms with E-state index >= 15 is 0 Å². The van der Waals surface area contributed by atoms with Gasteiger partial charge in [-0.2, -0.15) is 10.5 Å². The van der Waals surface area contributed by atoms with Gasteiger partial charge in [0, 0.05) is 55.9 Å². The normalized spacial score (nSPS) is 18.7. The first-order chi connectivity index (χ1) is 20.0. The van der Waals surface area contributed by atoms with Crippen molar-refractivity contribution < 1.29 is 4.79 Å². The molecule has 4 heterocycles. The number of nitriles is 2. The van der Waals surface area contributed by atoms with Gasteiger partial charge >= 0.3 is 0 Å². The van der Waals surface area contributed by atoms with Crippen LogP contribution in [0, 0.1) is 29.6 Å². The fraction of sp³-hybridized carbons (Fsp3) is 0.394. The summed E-state index contributed by atoms with van der Waals surface area (Å²) < 4.78 is 0. The van der Waals surface area contributed by atoms with E-state index in [-0.39, 0.29) is 18.4 Å². The van der Waals surface area contributed by atoms with Gasteiger partial charge in [-0.05, 0) is 49.3 Å². The van der Waals surface area contributed by atoms with Gasteiger partial charge in [0.2, 0.25) is 5.91 Å². The van der Waals surface area contributed by atoms with E-state index in [1.807, 2.05) is 0 Å². The van der Waals surface area contributed by atoms with Gasteiger partial charge < -0.3 is 19.6 Å². The summed E-state index contributed by atoms with van der Waals surface area (Å²) in [4.78, 5) is 26.5. The molecular weight excluding hydrogens is 510 g/mol. The topological polar surface area (TPSA) is 90.5 Å². The molecule has 0 aliphatic carbocycles. The summed E-state index contributed by atoms with van der Waals surface area (Å²) in [5.74, 6) is 0.622. The lowest BCUT2D eigenvalue weighted by Gasteiger charge is -2.43. The van der Waals surface area contributed by atoms with Crippen LogP contribution in [-0.4, -0.2) is 61.1 Å². The molecule has 3 aromatic rings. The minimum Gasteiger partial charge on any atom is -0.366 e. The molecule has 8 nitrogen and oxygen atoms in total. The third kappa shape index (κ3) is 4.74. The van der Waals surface area contributed by atoms with Crippen LogP contribution in [-0.2, 0) is 17.8 Å². The second-order valence-electron chi connectivity index (χ2n) is 11.2. The molecule has 8 heteroatoms. The van der Waals surface area contributed by atoms with Crippen molar-refractivity contribution in [1.29, 1.82) is 10.5 Å². The maximum Gasteiger partial charge on any atom is 0.246 e. The number of hydrogen-bond donors (Lipinski definition) is 0. The number of anilines is 3. The van der Waals surface area contributed by atoms with Crippen LogP contribution in [0.15, 0.2) is 49.1 Å². The minimum absolute atomic E-state index is 0.152. The Balaban J connectivity index is 1.44. The Hall–Kier alpha value is -4.56. The summed E-state index contributed by atoms with van der Waals surface area (Å²) in [5, 5.41) is 22.6. The molecule has 2 saturated heterocycles. The van der Waals surface area contributed by atoms with Crippen molar-refractivity contribution in [3.8, 4) is 12.1 Å². The van der Waals surface area contributed by atoms with Crippen LogP contribution < -0.4 is 14.7 Å². The molecule has 1 atom stereocenters. The van der Waals surface area contributed by atoms with Crippen molar-refractivity contribution in [3.05, 3.63) is 71.4 Å². The Morgan fingerprint density at radius 1 is 1.05 bits per heavy atom. The number of carbonyl (C=O) groups is 1. The van der Waals surface area contributed by atoms with Gasteiger partial charge in [-0.1, -0.05) is 36.9 Å². The Morgan fingerprint density at radius 3 is 2.56 bits per heavy atom. The molecule has 208 valence electrons. The highest BCUT2D eigenvalue weighted by atomic mass is 16.2. The Bertz CT molecular complexity index is 1590. The van der Waals surface area contributed by atoms with E-state index < -0.39 is 0 Å². The largest absolute Gasteiger partial charge is 0.366 e. The highest BCUT2D eigenvalue weighted by molar-refractivity contribution is 5.97. The first kappa shape index (κ1) is 26.7. The summed E-state index contributed by atoms with van der Waals surface area (Å²) in [5.41, 5.74) is 6.18. The van der Waals surface area contributed by atoms with E-state index in [0.29, 0.717) is 31.7 Å². The van der Waals surface area contributed by atoms with Crippen molar-refractivity contribution in [2.45, 2.75) is 45.2 Å². The van der Waals surface area contributed by atoms with Gasteiger partial charge in [-0.3, -0.25) is 4.79 Å². The van der Waals surface area contributed by atoms with Gasteiger partial charge in [-0.15, -0.1) is 0 Å². The van der Waals surface area contributed by atoms with Crippen LogP contribution in [0.3, 0.4) is 0 Å². The van der Waals surface area contributed by atoms with Crippen molar-refractivity contribution in [2.75, 3.05) is 54.0 Å². The first-order valence-electron chi connectivity index (χ1n) is 14.5. The quantitative estimate of drug-likeness (QED) is 0.430. The number of benzene rings is 2. The standard InChI is InChI=1S/C33H35N7O/c1-3-30(41)40-19-18-39(21-25(40)12-14-34)32-26-13-17-38(29-11-7-10-24-9-6-8-23(2)31(24)29)22-28(26)36-33(27(32)20-35)37-15-4-5-16-37/h3,6-11,25H,1,4-5,12-13,15-19,21-22H2,2H3/t25-/m0/s1. The molecule has 3 aliphatic rings. The zero-order valence-corrected chi connectivity index (χ0v) is 23.6. The second-order valence-corrected chi connectivity index (χ2v) is 11.2. The average molecular weight is 546 g/mol. The second kappa shape index (κ2) is 11.1. The average Bonchev–Trinajstić information content (AvgIpc) is 3.54. The van der Waals surface area contributed by atoms with Gasteiger partial charge in [0.25, 0.3) is 0 Å². The smallest absolute Gasteiger partial charge is 0.246 e. The maximum atomic E-state index is 12.6. The predicted molar refractivity (Wildman–Crippen MR) is 162 cm³/mol. The SMILES string of the molecule is C=CC(=O)N1CCN(c2c(C#N)c(N3CCCC3)nc3c2CCN(c2cccc4cccc(C)c24)C3)C[C@@H]1CC#N. The Morgan fingerprint density at radius 2 is 1.83 bits per heavy atom. The first-order valence-corrected chi connectivity index (χ1v) is 14.5. The summed E-state index contributed by atoms with van der Waals surface area (Å²) in [7, 11) is 0. The molecule has 41 heavy (non-hydrogen) atoms. The van der Waals surface area contributed by atoms with E-state index in [2.05, 4.69) is 76.7 Å². The fourth-order valence-electron chi connectivity index (χ4n) is 6.87. The molecule has 1 amide bonds. The molecule has 6 rings (SSSR count). The van der Waals surface area contributed by atoms with Gasteiger partial charge in [0.15, 0.2) is 0 Å². The van der Waals surface area contributed by atoms with Crippen molar-refractivity contribution in [1.82, 2.24) is 9.88 Å². The number of amides is 1. The highest BCUT2D eigenvalue weighted by Gasteiger charge is 2.35. The van der Waals surface area contributed by atoms with E-state index in [4.69, 9.17) is 4.98 Å². The lowest BCUT2D eigenvalue weighted by Crippen LogP contribution is -2.55. The lowest BCUT2D eigenvalue weighted by molar-refractivity contribution is -0.128. The minimum atomic E-state index is -0.261. The lowest BCUT2D eigenvalue weighted by atomic mass is 9.95. The van der Waals surface area contributed by atoms with Crippen LogP contribution >= 0.6 is 0 Å². The fourth-order valence-corrected chi connectivity index (χ4v) is 6.87. The molecule has 0 radical (unpaired) electrons. The third-order valence-corrected chi connectivity index (χ3v) is 8.84. The van der Waals surface area contributed by atoms with Gasteiger partial charge in [-0.25, -0.2) is 4.98 Å². The van der Waals surface area contributed by atoms with Crippen molar-refractivity contribution >= 4 is 33.9 Å². The third-order valence-electron chi connectivity index (χ3n) is 8.84. The highest BCUT2D eigenvalue weighted by Crippen LogP contribution is 2.40. The number of piperazine rings is 1. The zero-order chi connectivity index (χ0) is 28.5. The van der Waals surface area contributed by atoms with Crippen LogP contribution in [0.25, 0.3) is 10.8 Å². The maximum absolute atomic E-state index is 12.6. The van der Waals surface area contributed by atoms with Crippen LogP contribution in [0.4, 0.5) is 17.2 Å². The molecule has 2 fully saturated rings. The number of pyridine rings is 1. The molecule has 0 saturated carbocycles. The van der Waals surface area contributed by atoms with E-state index in [1.54, 1.807) is 4.90 Å². The van der Waals surface area contributed by atoms with Crippen LogP contribution in [0.1, 0.15) is 41.6 Å². The molecular formula is C33H35N7O. The number of hydrogen-bond acceptors (Lipinski definition) is 7. The van der Waals surface area contributed by atoms with Gasteiger partial charge in [0.05, 0.1) is 36.5 Å². The number of nitrogens with zero attached hydrogens (tertiary/aromatic N) is 7. The van der Waals surface area contributed by atoms with Crippen molar-refractivity contribution in [3.63, 3.8) is 0 Å². The van der Waals surface area contributed by atoms with Crippen molar-refractivity contribution in [2.24, 2.45) is 0 Å². The predicted octanol–water partition coefficient (Wildman–Crippen LogP) is 4.69. The molecule has 2 aromatic carbocycles. The Labute approximate surface area is 241 Å². The number of aromatic nitrogens is 1. The van der Waals surface area contributed by atoms with E-state index in [1.165, 1.54) is 28.1 Å². The number of carbonyl (C=O) groups excluding carboxylic acids is 1. The number of rotatable bonds is 5. The molecule has 1 aromatic heterocycles. The molecule has 0 N–H and O–H groups in total. The molecule has 3 aliphatic heterocycles. The zero-order valence-electron chi connectivity index (χ0n) is 23.6. The monoisotopic (exact) mass is 545 g/mol. The summed E-state index contributed by atoms with van der Waals surface area (Å²) in [6.07, 6.45) is 4.51. The van der Waals surface area contributed by atoms with E-state index in [0.717, 1.165) is 61.7 Å². The molecule has 0 bridgehead atoms. The Kier molecular flexibility index (Phi) is 7.24. The number of fused-ring (bicyclic) bond motifs is 2. The summed E-state index contributed by atoms with van der Waals surface area (Å²) >= 11 is 0. The van der Waals surface area contributed by atoms with E-state index in [9.17, 15) is 15.3 Å². The molecule has 0 spiro atoms. The summed E-state index contributed by atoms with van der Waals surface area (Å²) in [6.45, 7) is 10.7. The molecule has 0 unspecified atom stereocenters. The van der Waals surface area contributed by atoms with Crippen LogP contribution in [0.2, 0.25) is 0 Å². The van der Waals surface area contributed by atoms with Crippen LogP contribution in [0.5, 0.6) is 0 Å². The van der Waals surface area contributed by atoms with Gasteiger partial charge in [0.1, 0.15) is 17.5 Å². The summed E-state index contributed by atoms with van der Waals surface area (Å²) in [6, 6.07) is 17.5.